The fraction of sp³-hybridized carbons (Fsp3) is 0.350. The van der Waals surface area contributed by atoms with E-state index in [1.807, 2.05) is 32.2 Å². The van der Waals surface area contributed by atoms with Crippen LogP contribution in [0.5, 0.6) is 11.5 Å². The number of quaternary nitrogens is 1. The van der Waals surface area contributed by atoms with Gasteiger partial charge in [0.25, 0.3) is 11.6 Å². The molecular weight excluding hydrogens is 362 g/mol. The van der Waals surface area contributed by atoms with Gasteiger partial charge in [-0.3, -0.25) is 14.9 Å². The highest BCUT2D eigenvalue weighted by molar-refractivity contribution is 5.95. The number of para-hydroxylation sites is 2. The molecule has 8 heteroatoms. The molecule has 0 aromatic heterocycles. The Morgan fingerprint density at radius 1 is 1.25 bits per heavy atom. The Bertz CT molecular complexity index is 840. The van der Waals surface area contributed by atoms with Crippen LogP contribution >= 0.6 is 0 Å². The highest BCUT2D eigenvalue weighted by Gasteiger charge is 2.25. The van der Waals surface area contributed by atoms with E-state index < -0.39 is 11.0 Å². The third-order valence-corrected chi connectivity index (χ3v) is 4.50. The van der Waals surface area contributed by atoms with Gasteiger partial charge in [0.1, 0.15) is 12.2 Å². The summed E-state index contributed by atoms with van der Waals surface area (Å²) in [5, 5.41) is 13.8. The van der Waals surface area contributed by atoms with E-state index in [2.05, 4.69) is 5.32 Å². The van der Waals surface area contributed by atoms with E-state index in [0.29, 0.717) is 24.7 Å². The normalized spacial score (nSPS) is 12.7. The molecule has 0 fully saturated rings. The zero-order valence-corrected chi connectivity index (χ0v) is 16.5. The molecule has 0 aliphatic carbocycles. The summed E-state index contributed by atoms with van der Waals surface area (Å²) in [5.41, 5.74) is 1.06. The summed E-state index contributed by atoms with van der Waals surface area (Å²) in [7, 11) is 3.48. The zero-order valence-electron chi connectivity index (χ0n) is 16.5. The number of hydrogen-bond acceptors (Lipinski definition) is 5. The first-order valence-electron chi connectivity index (χ1n) is 9.03. The van der Waals surface area contributed by atoms with Crippen molar-refractivity contribution in [1.29, 1.82) is 0 Å². The van der Waals surface area contributed by atoms with Crippen molar-refractivity contribution in [2.45, 2.75) is 26.4 Å². The van der Waals surface area contributed by atoms with Crippen molar-refractivity contribution in [2.24, 2.45) is 0 Å². The molecule has 1 unspecified atom stereocenters. The third-order valence-electron chi connectivity index (χ3n) is 4.50. The number of likely N-dealkylation sites (N-methyl/N-ethyl adjacent to an activating group) is 1. The zero-order chi connectivity index (χ0) is 20.7. The summed E-state index contributed by atoms with van der Waals surface area (Å²) in [4.78, 5) is 24.1. The molecule has 2 N–H and O–H groups in total. The first-order valence-corrected chi connectivity index (χ1v) is 9.03. The van der Waals surface area contributed by atoms with Gasteiger partial charge in [0.05, 0.1) is 25.7 Å². The van der Waals surface area contributed by atoms with E-state index in [1.165, 1.54) is 12.1 Å². The van der Waals surface area contributed by atoms with Crippen LogP contribution in [0.15, 0.2) is 42.5 Å². The van der Waals surface area contributed by atoms with Gasteiger partial charge in [-0.05, 0) is 38.1 Å². The number of hydrogen-bond donors (Lipinski definition) is 2. The van der Waals surface area contributed by atoms with Crippen LogP contribution < -0.4 is 19.7 Å². The first kappa shape index (κ1) is 21.2. The maximum absolute atomic E-state index is 12.6. The van der Waals surface area contributed by atoms with Gasteiger partial charge in [0, 0.05) is 11.6 Å². The quantitative estimate of drug-likeness (QED) is 0.506. The van der Waals surface area contributed by atoms with Gasteiger partial charge in [-0.25, -0.2) is 0 Å². The van der Waals surface area contributed by atoms with Crippen molar-refractivity contribution in [2.75, 3.05) is 26.1 Å². The molecule has 0 aliphatic rings. The van der Waals surface area contributed by atoms with Crippen LogP contribution in [0.2, 0.25) is 0 Å². The van der Waals surface area contributed by atoms with E-state index >= 15 is 0 Å². The number of rotatable bonds is 9. The smallest absolute Gasteiger partial charge is 0.292 e. The van der Waals surface area contributed by atoms with Crippen molar-refractivity contribution in [3.8, 4) is 11.5 Å². The van der Waals surface area contributed by atoms with Crippen molar-refractivity contribution >= 4 is 17.3 Å². The number of benzene rings is 2. The van der Waals surface area contributed by atoms with Crippen molar-refractivity contribution in [3.63, 3.8) is 0 Å². The standard InChI is InChI=1S/C20H25N3O5/c1-5-28-18-11-10-15(12-19(18)27-4)13-22(3)14(2)20(24)21-16-8-6-7-9-17(16)23(25)26/h6-12,14H,5,13H2,1-4H3,(H,21,24)/p+1/t14-/m0/s1. The fourth-order valence-electron chi connectivity index (χ4n) is 2.78. The van der Waals surface area contributed by atoms with E-state index in [9.17, 15) is 14.9 Å². The van der Waals surface area contributed by atoms with Crippen molar-refractivity contribution in [1.82, 2.24) is 0 Å². The Hall–Kier alpha value is -3.13. The summed E-state index contributed by atoms with van der Waals surface area (Å²) in [6.45, 7) is 4.81. The molecule has 1 amide bonds. The molecule has 0 bridgehead atoms. The highest BCUT2D eigenvalue weighted by Crippen LogP contribution is 2.27. The summed E-state index contributed by atoms with van der Waals surface area (Å²) in [6, 6.07) is 11.4. The van der Waals surface area contributed by atoms with Crippen molar-refractivity contribution in [3.05, 3.63) is 58.1 Å². The van der Waals surface area contributed by atoms with Crippen LogP contribution in [0.25, 0.3) is 0 Å². The molecule has 0 radical (unpaired) electrons. The van der Waals surface area contributed by atoms with E-state index in [0.717, 1.165) is 10.5 Å². The predicted octanol–water partition coefficient (Wildman–Crippen LogP) is 2.04. The van der Waals surface area contributed by atoms with Crippen LogP contribution in [0.1, 0.15) is 19.4 Å². The Morgan fingerprint density at radius 2 is 1.96 bits per heavy atom. The van der Waals surface area contributed by atoms with Gasteiger partial charge in [-0.2, -0.15) is 0 Å². The first-order chi connectivity index (χ1) is 13.4. The summed E-state index contributed by atoms with van der Waals surface area (Å²) in [5.74, 6) is 1.03. The Morgan fingerprint density at radius 3 is 2.61 bits per heavy atom. The number of nitrogens with one attached hydrogen (secondary N) is 2. The molecule has 2 aromatic rings. The number of amides is 1. The summed E-state index contributed by atoms with van der Waals surface area (Å²) < 4.78 is 10.9. The Labute approximate surface area is 164 Å². The topological polar surface area (TPSA) is 95.1 Å². The van der Waals surface area contributed by atoms with Crippen molar-refractivity contribution < 1.29 is 24.1 Å². The molecule has 0 saturated heterocycles. The van der Waals surface area contributed by atoms with Crippen LogP contribution in [0.4, 0.5) is 11.4 Å². The van der Waals surface area contributed by atoms with Crippen LogP contribution in [0.3, 0.4) is 0 Å². The van der Waals surface area contributed by atoms with Gasteiger partial charge < -0.3 is 19.7 Å². The lowest BCUT2D eigenvalue weighted by Crippen LogP contribution is -3.12. The number of nitro groups is 1. The van der Waals surface area contributed by atoms with E-state index in [-0.39, 0.29) is 17.3 Å². The SMILES string of the molecule is CCOc1ccc(C[NH+](C)[C@@H](C)C(=O)Nc2ccccc2[N+](=O)[O-])cc1OC. The molecule has 0 saturated carbocycles. The number of nitro benzene ring substituents is 1. The number of carbonyl (C=O) groups is 1. The number of methoxy groups -OCH3 is 1. The molecule has 2 rings (SSSR count). The average Bonchev–Trinajstić information content (AvgIpc) is 2.68. The Balaban J connectivity index is 2.07. The molecule has 0 spiro atoms. The number of nitrogens with zero attached hydrogens (tertiary/aromatic N) is 1. The lowest BCUT2D eigenvalue weighted by molar-refractivity contribution is -0.907. The molecule has 150 valence electrons. The second-order valence-electron chi connectivity index (χ2n) is 6.43. The Kier molecular flexibility index (Phi) is 7.34. The van der Waals surface area contributed by atoms with Gasteiger partial charge in [-0.15, -0.1) is 0 Å². The molecule has 2 atom stereocenters. The van der Waals surface area contributed by atoms with Gasteiger partial charge in [0.15, 0.2) is 17.5 Å². The van der Waals surface area contributed by atoms with Gasteiger partial charge >= 0.3 is 0 Å². The van der Waals surface area contributed by atoms with Crippen LogP contribution in [-0.2, 0) is 11.3 Å². The molecular formula is C20H26N3O5+. The molecule has 2 aromatic carbocycles. The minimum atomic E-state index is -0.511. The third kappa shape index (κ3) is 5.20. The largest absolute Gasteiger partial charge is 0.493 e. The van der Waals surface area contributed by atoms with Crippen LogP contribution in [0, 0.1) is 10.1 Å². The van der Waals surface area contributed by atoms with E-state index in [1.54, 1.807) is 26.2 Å². The minimum Gasteiger partial charge on any atom is -0.493 e. The molecule has 28 heavy (non-hydrogen) atoms. The monoisotopic (exact) mass is 388 g/mol. The van der Waals surface area contributed by atoms with E-state index in [4.69, 9.17) is 9.47 Å². The second-order valence-corrected chi connectivity index (χ2v) is 6.43. The average molecular weight is 388 g/mol. The summed E-state index contributed by atoms with van der Waals surface area (Å²) in [6.07, 6.45) is 0. The molecule has 0 heterocycles. The lowest BCUT2D eigenvalue weighted by Gasteiger charge is -2.21. The fourth-order valence-corrected chi connectivity index (χ4v) is 2.78. The van der Waals surface area contributed by atoms with Gasteiger partial charge in [0.2, 0.25) is 0 Å². The number of ether oxygens (including phenoxy) is 2. The predicted molar refractivity (Wildman–Crippen MR) is 106 cm³/mol. The number of carbonyl (C=O) groups excluding carboxylic acids is 1. The minimum absolute atomic E-state index is 0.128. The maximum atomic E-state index is 12.6. The summed E-state index contributed by atoms with van der Waals surface area (Å²) >= 11 is 0. The van der Waals surface area contributed by atoms with Gasteiger partial charge in [-0.1, -0.05) is 12.1 Å². The maximum Gasteiger partial charge on any atom is 0.292 e. The van der Waals surface area contributed by atoms with Crippen LogP contribution in [-0.4, -0.2) is 37.6 Å². The number of anilines is 1. The highest BCUT2D eigenvalue weighted by atomic mass is 16.6. The molecule has 0 aliphatic heterocycles. The lowest BCUT2D eigenvalue weighted by atomic mass is 10.1. The molecule has 8 nitrogen and oxygen atoms in total. The second kappa shape index (κ2) is 9.70.